The lowest BCUT2D eigenvalue weighted by Crippen LogP contribution is -2.41. The van der Waals surface area contributed by atoms with E-state index in [1.165, 1.54) is 0 Å². The molecule has 1 amide bonds. The number of rotatable bonds is 7. The van der Waals surface area contributed by atoms with Crippen LogP contribution in [0.1, 0.15) is 30.9 Å². The summed E-state index contributed by atoms with van der Waals surface area (Å²) in [4.78, 5) is 18.7. The summed E-state index contributed by atoms with van der Waals surface area (Å²) >= 11 is 0. The number of carbonyl (C=O) groups excluding carboxylic acids is 1. The lowest BCUT2D eigenvalue weighted by Gasteiger charge is -2.26. The van der Waals surface area contributed by atoms with E-state index < -0.39 is 6.10 Å². The summed E-state index contributed by atoms with van der Waals surface area (Å²) in [6.45, 7) is 2.31. The van der Waals surface area contributed by atoms with Crippen molar-refractivity contribution in [3.05, 3.63) is 59.9 Å². The standard InChI is InChI=1S/C19H22N2O3/c1-14(24-18-4-2-3-16(11-18)13-22)19(23)21(17-5-6-17)12-15-7-9-20-10-8-15/h2-4,7-11,14,17,22H,5-6,12-13H2,1H3. The Morgan fingerprint density at radius 3 is 2.71 bits per heavy atom. The van der Waals surface area contributed by atoms with E-state index in [2.05, 4.69) is 4.98 Å². The molecule has 0 spiro atoms. The largest absolute Gasteiger partial charge is 0.481 e. The zero-order valence-corrected chi connectivity index (χ0v) is 13.8. The quantitative estimate of drug-likeness (QED) is 0.849. The highest BCUT2D eigenvalue weighted by Crippen LogP contribution is 2.29. The molecule has 5 nitrogen and oxygen atoms in total. The first kappa shape index (κ1) is 16.5. The van der Waals surface area contributed by atoms with Crippen LogP contribution >= 0.6 is 0 Å². The summed E-state index contributed by atoms with van der Waals surface area (Å²) < 4.78 is 5.80. The summed E-state index contributed by atoms with van der Waals surface area (Å²) in [6, 6.07) is 11.4. The van der Waals surface area contributed by atoms with E-state index in [1.54, 1.807) is 31.5 Å². The van der Waals surface area contributed by atoms with Crippen LogP contribution < -0.4 is 4.74 Å². The van der Waals surface area contributed by atoms with Gasteiger partial charge >= 0.3 is 0 Å². The number of hydrogen-bond acceptors (Lipinski definition) is 4. The van der Waals surface area contributed by atoms with Gasteiger partial charge in [0.05, 0.1) is 6.61 Å². The number of carbonyl (C=O) groups is 1. The highest BCUT2D eigenvalue weighted by Gasteiger charge is 2.35. The molecule has 1 aromatic heterocycles. The predicted octanol–water partition coefficient (Wildman–Crippen LogP) is 2.53. The molecule has 1 aliphatic carbocycles. The maximum Gasteiger partial charge on any atom is 0.263 e. The number of nitrogens with zero attached hydrogens (tertiary/aromatic N) is 2. The van der Waals surface area contributed by atoms with Crippen LogP contribution in [0.15, 0.2) is 48.8 Å². The van der Waals surface area contributed by atoms with Gasteiger partial charge in [-0.05, 0) is 55.2 Å². The molecule has 0 aliphatic heterocycles. The Balaban J connectivity index is 1.67. The van der Waals surface area contributed by atoms with E-state index in [4.69, 9.17) is 4.74 Å². The zero-order chi connectivity index (χ0) is 16.9. The molecule has 3 rings (SSSR count). The second-order valence-corrected chi connectivity index (χ2v) is 6.12. The molecule has 1 aliphatic rings. The van der Waals surface area contributed by atoms with Crippen molar-refractivity contribution < 1.29 is 14.6 Å². The third-order valence-corrected chi connectivity index (χ3v) is 4.11. The van der Waals surface area contributed by atoms with Crippen molar-refractivity contribution in [2.75, 3.05) is 0 Å². The van der Waals surface area contributed by atoms with Crippen LogP contribution in [-0.4, -0.2) is 33.0 Å². The first-order chi connectivity index (χ1) is 11.7. The average molecular weight is 326 g/mol. The molecule has 0 saturated heterocycles. The molecule has 0 radical (unpaired) electrons. The Bertz CT molecular complexity index is 686. The van der Waals surface area contributed by atoms with Crippen LogP contribution in [0.2, 0.25) is 0 Å². The van der Waals surface area contributed by atoms with Crippen LogP contribution in [0.25, 0.3) is 0 Å². The molecule has 126 valence electrons. The van der Waals surface area contributed by atoms with Gasteiger partial charge < -0.3 is 14.7 Å². The SMILES string of the molecule is CC(Oc1cccc(CO)c1)C(=O)N(Cc1ccncc1)C1CC1. The van der Waals surface area contributed by atoms with Gasteiger partial charge in [0.2, 0.25) is 0 Å². The van der Waals surface area contributed by atoms with Crippen LogP contribution in [0.3, 0.4) is 0 Å². The number of benzene rings is 1. The monoisotopic (exact) mass is 326 g/mol. The van der Waals surface area contributed by atoms with E-state index in [0.29, 0.717) is 18.3 Å². The van der Waals surface area contributed by atoms with Gasteiger partial charge in [-0.15, -0.1) is 0 Å². The minimum absolute atomic E-state index is 0.0105. The maximum atomic E-state index is 12.8. The number of aromatic nitrogens is 1. The summed E-state index contributed by atoms with van der Waals surface area (Å²) in [6.07, 6.45) is 5.00. The summed E-state index contributed by atoms with van der Waals surface area (Å²) in [5.74, 6) is 0.589. The van der Waals surface area contributed by atoms with Gasteiger partial charge in [-0.3, -0.25) is 9.78 Å². The molecule has 0 bridgehead atoms. The van der Waals surface area contributed by atoms with Crippen molar-refractivity contribution in [3.63, 3.8) is 0 Å². The summed E-state index contributed by atoms with van der Waals surface area (Å²) in [7, 11) is 0. The van der Waals surface area contributed by atoms with Gasteiger partial charge in [-0.1, -0.05) is 12.1 Å². The van der Waals surface area contributed by atoms with Gasteiger partial charge in [0, 0.05) is 25.0 Å². The fraction of sp³-hybridized carbons (Fsp3) is 0.368. The van der Waals surface area contributed by atoms with Crippen molar-refractivity contribution in [3.8, 4) is 5.75 Å². The topological polar surface area (TPSA) is 62.7 Å². The Morgan fingerprint density at radius 1 is 1.29 bits per heavy atom. The van der Waals surface area contributed by atoms with Crippen LogP contribution in [0.4, 0.5) is 0 Å². The second-order valence-electron chi connectivity index (χ2n) is 6.12. The average Bonchev–Trinajstić information content (AvgIpc) is 3.45. The van der Waals surface area contributed by atoms with Crippen molar-refractivity contribution in [2.24, 2.45) is 0 Å². The molecule has 5 heteroatoms. The number of hydrogen-bond donors (Lipinski definition) is 1. The molecular formula is C19H22N2O3. The number of aliphatic hydroxyl groups excluding tert-OH is 1. The molecule has 24 heavy (non-hydrogen) atoms. The van der Waals surface area contributed by atoms with E-state index in [0.717, 1.165) is 24.0 Å². The van der Waals surface area contributed by atoms with E-state index >= 15 is 0 Å². The van der Waals surface area contributed by atoms with Crippen molar-refractivity contribution in [1.29, 1.82) is 0 Å². The van der Waals surface area contributed by atoms with E-state index in [-0.39, 0.29) is 12.5 Å². The van der Waals surface area contributed by atoms with Gasteiger partial charge in [0.15, 0.2) is 6.10 Å². The fourth-order valence-electron chi connectivity index (χ4n) is 2.66. The third-order valence-electron chi connectivity index (χ3n) is 4.11. The fourth-order valence-corrected chi connectivity index (χ4v) is 2.66. The minimum atomic E-state index is -0.568. The van der Waals surface area contributed by atoms with Gasteiger partial charge in [0.1, 0.15) is 5.75 Å². The molecule has 1 saturated carbocycles. The number of amides is 1. The van der Waals surface area contributed by atoms with Crippen molar-refractivity contribution in [1.82, 2.24) is 9.88 Å². The first-order valence-electron chi connectivity index (χ1n) is 8.23. The second kappa shape index (κ2) is 7.45. The van der Waals surface area contributed by atoms with Gasteiger partial charge in [0.25, 0.3) is 5.91 Å². The third kappa shape index (κ3) is 4.11. The first-order valence-corrected chi connectivity index (χ1v) is 8.23. The van der Waals surface area contributed by atoms with Crippen LogP contribution in [0, 0.1) is 0 Å². The Labute approximate surface area is 141 Å². The van der Waals surface area contributed by atoms with Crippen molar-refractivity contribution in [2.45, 2.75) is 45.1 Å². The number of aliphatic hydroxyl groups is 1. The zero-order valence-electron chi connectivity index (χ0n) is 13.8. The molecule has 1 fully saturated rings. The minimum Gasteiger partial charge on any atom is -0.481 e. The van der Waals surface area contributed by atoms with Crippen LogP contribution in [0.5, 0.6) is 5.75 Å². The normalized spacial score (nSPS) is 14.9. The molecule has 1 N–H and O–H groups in total. The molecule has 1 aromatic carbocycles. The Morgan fingerprint density at radius 2 is 2.04 bits per heavy atom. The Hall–Kier alpha value is -2.40. The Kier molecular flexibility index (Phi) is 5.11. The van der Waals surface area contributed by atoms with Crippen LogP contribution in [-0.2, 0) is 17.9 Å². The summed E-state index contributed by atoms with van der Waals surface area (Å²) in [5, 5.41) is 9.20. The molecular weight excluding hydrogens is 304 g/mol. The maximum absolute atomic E-state index is 12.8. The van der Waals surface area contributed by atoms with E-state index in [9.17, 15) is 9.90 Å². The lowest BCUT2D eigenvalue weighted by atomic mass is 10.2. The van der Waals surface area contributed by atoms with Gasteiger partial charge in [-0.25, -0.2) is 0 Å². The number of pyridine rings is 1. The molecule has 1 atom stereocenters. The predicted molar refractivity (Wildman–Crippen MR) is 90.3 cm³/mol. The van der Waals surface area contributed by atoms with Crippen molar-refractivity contribution >= 4 is 5.91 Å². The molecule has 2 aromatic rings. The number of ether oxygens (including phenoxy) is 1. The molecule has 1 heterocycles. The smallest absolute Gasteiger partial charge is 0.263 e. The van der Waals surface area contributed by atoms with E-state index in [1.807, 2.05) is 29.2 Å². The van der Waals surface area contributed by atoms with Gasteiger partial charge in [-0.2, -0.15) is 0 Å². The highest BCUT2D eigenvalue weighted by molar-refractivity contribution is 5.81. The highest BCUT2D eigenvalue weighted by atomic mass is 16.5. The summed E-state index contributed by atoms with van der Waals surface area (Å²) in [5.41, 5.74) is 1.84. The molecule has 1 unspecified atom stereocenters. The lowest BCUT2D eigenvalue weighted by molar-refractivity contribution is -0.139.